The van der Waals surface area contributed by atoms with Crippen LogP contribution in [0.5, 0.6) is 0 Å². The van der Waals surface area contributed by atoms with Gasteiger partial charge in [-0.3, -0.25) is 4.79 Å². The maximum absolute atomic E-state index is 12.5. The van der Waals surface area contributed by atoms with Crippen molar-refractivity contribution in [1.82, 2.24) is 14.9 Å². The Morgan fingerprint density at radius 3 is 2.86 bits per heavy atom. The van der Waals surface area contributed by atoms with Gasteiger partial charge in [0.15, 0.2) is 0 Å². The van der Waals surface area contributed by atoms with Gasteiger partial charge in [0.25, 0.3) is 0 Å². The SMILES string of the molecule is CCO[C@@H]1C[C@H](NC(=O)[C@H](C)n2ccnc2)C12CCCCC2. The van der Waals surface area contributed by atoms with E-state index in [-0.39, 0.29) is 23.4 Å². The maximum atomic E-state index is 12.5. The summed E-state index contributed by atoms with van der Waals surface area (Å²) >= 11 is 0. The van der Waals surface area contributed by atoms with E-state index in [0.29, 0.717) is 6.10 Å². The Hall–Kier alpha value is -1.36. The Morgan fingerprint density at radius 2 is 2.23 bits per heavy atom. The van der Waals surface area contributed by atoms with Crippen molar-refractivity contribution in [2.24, 2.45) is 5.41 Å². The molecule has 1 spiro atoms. The zero-order chi connectivity index (χ0) is 15.6. The van der Waals surface area contributed by atoms with Crippen LogP contribution >= 0.6 is 0 Å². The first kappa shape index (κ1) is 15.5. The number of imidazole rings is 1. The average molecular weight is 305 g/mol. The smallest absolute Gasteiger partial charge is 0.243 e. The fraction of sp³-hybridized carbons (Fsp3) is 0.765. The Bertz CT molecular complexity index is 494. The van der Waals surface area contributed by atoms with E-state index in [1.165, 1.54) is 32.1 Å². The number of rotatable bonds is 5. The minimum absolute atomic E-state index is 0.0860. The van der Waals surface area contributed by atoms with E-state index >= 15 is 0 Å². The first-order valence-electron chi connectivity index (χ1n) is 8.57. The lowest BCUT2D eigenvalue weighted by Crippen LogP contribution is -2.65. The molecule has 3 atom stereocenters. The molecule has 1 amide bonds. The third-order valence-corrected chi connectivity index (χ3v) is 5.61. The van der Waals surface area contributed by atoms with Crippen LogP contribution < -0.4 is 5.32 Å². The highest BCUT2D eigenvalue weighted by molar-refractivity contribution is 5.80. The third kappa shape index (κ3) is 2.67. The van der Waals surface area contributed by atoms with Gasteiger partial charge in [-0.05, 0) is 33.1 Å². The van der Waals surface area contributed by atoms with Gasteiger partial charge < -0.3 is 14.6 Å². The second-order valence-electron chi connectivity index (χ2n) is 6.72. The predicted octanol–water partition coefficient (Wildman–Crippen LogP) is 2.69. The number of nitrogens with one attached hydrogen (secondary N) is 1. The van der Waals surface area contributed by atoms with Gasteiger partial charge >= 0.3 is 0 Å². The molecule has 2 aliphatic carbocycles. The third-order valence-electron chi connectivity index (χ3n) is 5.61. The molecule has 3 rings (SSSR count). The van der Waals surface area contributed by atoms with E-state index in [1.807, 2.05) is 17.7 Å². The fourth-order valence-electron chi connectivity index (χ4n) is 4.19. The number of carbonyl (C=O) groups is 1. The fourth-order valence-corrected chi connectivity index (χ4v) is 4.19. The standard InChI is InChI=1S/C17H27N3O2/c1-3-22-15-11-14(17(15)7-5-4-6-8-17)19-16(21)13(2)20-10-9-18-12-20/h9-10,12-15H,3-8,11H2,1-2H3,(H,19,21)/t13-,14-,15+/m0/s1. The van der Waals surface area contributed by atoms with Crippen LogP contribution in [0.2, 0.25) is 0 Å². The monoisotopic (exact) mass is 305 g/mol. The molecule has 122 valence electrons. The summed E-state index contributed by atoms with van der Waals surface area (Å²) in [5.41, 5.74) is 0.179. The second kappa shape index (κ2) is 6.41. The molecule has 2 fully saturated rings. The number of hydrogen-bond acceptors (Lipinski definition) is 3. The highest BCUT2D eigenvalue weighted by atomic mass is 16.5. The average Bonchev–Trinajstić information content (AvgIpc) is 3.08. The van der Waals surface area contributed by atoms with Gasteiger partial charge in [-0.15, -0.1) is 0 Å². The Balaban J connectivity index is 1.65. The molecule has 1 aromatic rings. The summed E-state index contributed by atoms with van der Waals surface area (Å²) in [6.45, 7) is 4.74. The zero-order valence-corrected chi connectivity index (χ0v) is 13.6. The quantitative estimate of drug-likeness (QED) is 0.910. The molecule has 0 unspecified atom stereocenters. The minimum Gasteiger partial charge on any atom is -0.378 e. The lowest BCUT2D eigenvalue weighted by atomic mass is 9.55. The molecule has 22 heavy (non-hydrogen) atoms. The summed E-state index contributed by atoms with van der Waals surface area (Å²) in [4.78, 5) is 16.6. The first-order valence-corrected chi connectivity index (χ1v) is 8.57. The largest absolute Gasteiger partial charge is 0.378 e. The summed E-state index contributed by atoms with van der Waals surface area (Å²) < 4.78 is 7.80. The molecule has 0 bridgehead atoms. The van der Waals surface area contributed by atoms with Crippen LogP contribution in [0.1, 0.15) is 58.4 Å². The molecule has 1 N–H and O–H groups in total. The molecule has 2 aliphatic rings. The Kier molecular flexibility index (Phi) is 4.52. The van der Waals surface area contributed by atoms with Crippen molar-refractivity contribution in [1.29, 1.82) is 0 Å². The van der Waals surface area contributed by atoms with Gasteiger partial charge in [0.1, 0.15) is 6.04 Å². The van der Waals surface area contributed by atoms with E-state index in [1.54, 1.807) is 12.5 Å². The highest BCUT2D eigenvalue weighted by Gasteiger charge is 2.56. The van der Waals surface area contributed by atoms with E-state index < -0.39 is 0 Å². The molecule has 0 saturated heterocycles. The first-order chi connectivity index (χ1) is 10.7. The predicted molar refractivity (Wildman–Crippen MR) is 84.4 cm³/mol. The van der Waals surface area contributed by atoms with Gasteiger partial charge in [-0.1, -0.05) is 19.3 Å². The van der Waals surface area contributed by atoms with E-state index in [4.69, 9.17) is 4.74 Å². The molecule has 1 heterocycles. The summed E-state index contributed by atoms with van der Waals surface area (Å²) in [6, 6.07) is 0.0529. The van der Waals surface area contributed by atoms with Gasteiger partial charge in [0.05, 0.1) is 12.4 Å². The molecule has 2 saturated carbocycles. The van der Waals surface area contributed by atoms with E-state index in [2.05, 4.69) is 17.2 Å². The van der Waals surface area contributed by atoms with Gasteiger partial charge in [-0.2, -0.15) is 0 Å². The summed E-state index contributed by atoms with van der Waals surface area (Å²) in [6.07, 6.45) is 12.7. The Morgan fingerprint density at radius 1 is 1.45 bits per heavy atom. The highest BCUT2D eigenvalue weighted by Crippen LogP contribution is 2.53. The molecule has 0 aliphatic heterocycles. The van der Waals surface area contributed by atoms with Crippen molar-refractivity contribution >= 4 is 5.91 Å². The summed E-state index contributed by atoms with van der Waals surface area (Å²) in [7, 11) is 0. The number of hydrogen-bond donors (Lipinski definition) is 1. The molecular weight excluding hydrogens is 278 g/mol. The van der Waals surface area contributed by atoms with Crippen LogP contribution in [0.25, 0.3) is 0 Å². The van der Waals surface area contributed by atoms with Crippen molar-refractivity contribution in [2.45, 2.75) is 70.6 Å². The molecule has 1 aromatic heterocycles. The number of aromatic nitrogens is 2. The minimum atomic E-state index is -0.214. The van der Waals surface area contributed by atoms with Crippen LogP contribution in [0.3, 0.4) is 0 Å². The number of ether oxygens (including phenoxy) is 1. The van der Waals surface area contributed by atoms with Crippen molar-refractivity contribution in [2.75, 3.05) is 6.61 Å². The second-order valence-corrected chi connectivity index (χ2v) is 6.72. The number of amides is 1. The topological polar surface area (TPSA) is 56.1 Å². The zero-order valence-electron chi connectivity index (χ0n) is 13.6. The summed E-state index contributed by atoms with van der Waals surface area (Å²) in [5, 5.41) is 3.29. The van der Waals surface area contributed by atoms with Crippen LogP contribution in [0, 0.1) is 5.41 Å². The van der Waals surface area contributed by atoms with Crippen LogP contribution in [-0.4, -0.2) is 34.2 Å². The van der Waals surface area contributed by atoms with Crippen molar-refractivity contribution in [3.05, 3.63) is 18.7 Å². The van der Waals surface area contributed by atoms with Crippen LogP contribution in [-0.2, 0) is 9.53 Å². The number of carbonyl (C=O) groups excluding carboxylic acids is 1. The molecule has 0 aromatic carbocycles. The Labute approximate surface area is 132 Å². The van der Waals surface area contributed by atoms with Crippen molar-refractivity contribution in [3.8, 4) is 0 Å². The van der Waals surface area contributed by atoms with E-state index in [9.17, 15) is 4.79 Å². The lowest BCUT2D eigenvalue weighted by Gasteiger charge is -2.57. The lowest BCUT2D eigenvalue weighted by molar-refractivity contribution is -0.158. The van der Waals surface area contributed by atoms with Gasteiger partial charge in [-0.25, -0.2) is 4.98 Å². The van der Waals surface area contributed by atoms with Crippen LogP contribution in [0.15, 0.2) is 18.7 Å². The van der Waals surface area contributed by atoms with Crippen molar-refractivity contribution < 1.29 is 9.53 Å². The van der Waals surface area contributed by atoms with Gasteiger partial charge in [0, 0.05) is 30.5 Å². The molecule has 5 heteroatoms. The molecule has 0 radical (unpaired) electrons. The van der Waals surface area contributed by atoms with Crippen LogP contribution in [0.4, 0.5) is 0 Å². The van der Waals surface area contributed by atoms with E-state index in [0.717, 1.165) is 13.0 Å². The number of nitrogens with zero attached hydrogens (tertiary/aromatic N) is 2. The molecular formula is C17H27N3O2. The maximum Gasteiger partial charge on any atom is 0.243 e. The van der Waals surface area contributed by atoms with Gasteiger partial charge in [0.2, 0.25) is 5.91 Å². The normalized spacial score (nSPS) is 28.1. The molecule has 5 nitrogen and oxygen atoms in total. The van der Waals surface area contributed by atoms with Crippen molar-refractivity contribution in [3.63, 3.8) is 0 Å². The summed E-state index contributed by atoms with van der Waals surface area (Å²) in [5.74, 6) is 0.0860.